The van der Waals surface area contributed by atoms with Gasteiger partial charge in [-0.15, -0.1) is 0 Å². The molecule has 1 saturated heterocycles. The van der Waals surface area contributed by atoms with E-state index in [0.29, 0.717) is 6.54 Å². The van der Waals surface area contributed by atoms with E-state index in [1.54, 1.807) is 7.05 Å². The number of nitrogens with zero attached hydrogens (tertiary/aromatic N) is 1. The molecular formula is C9H15NO5. The van der Waals surface area contributed by atoms with Gasteiger partial charge >= 0.3 is 5.97 Å². The van der Waals surface area contributed by atoms with Crippen molar-refractivity contribution >= 4 is 11.9 Å². The second kappa shape index (κ2) is 5.09. The largest absolute Gasteiger partial charge is 0.463 e. The summed E-state index contributed by atoms with van der Waals surface area (Å²) in [4.78, 5) is 23.9. The molecule has 0 bridgehead atoms. The SMILES string of the molecule is CN1CC(C(=O)OCC(O)CO)CC1=O. The maximum absolute atomic E-state index is 11.4. The first-order valence-corrected chi connectivity index (χ1v) is 4.74. The number of carbonyl (C=O) groups is 2. The smallest absolute Gasteiger partial charge is 0.311 e. The van der Waals surface area contributed by atoms with Crippen molar-refractivity contribution in [2.75, 3.05) is 26.8 Å². The first kappa shape index (κ1) is 11.9. The molecule has 2 N–H and O–H groups in total. The molecule has 0 aromatic rings. The Bertz CT molecular complexity index is 255. The maximum atomic E-state index is 11.4. The fraction of sp³-hybridized carbons (Fsp3) is 0.778. The van der Waals surface area contributed by atoms with Gasteiger partial charge in [-0.25, -0.2) is 0 Å². The van der Waals surface area contributed by atoms with E-state index in [2.05, 4.69) is 0 Å². The topological polar surface area (TPSA) is 87.1 Å². The van der Waals surface area contributed by atoms with Gasteiger partial charge in [0.25, 0.3) is 0 Å². The quantitative estimate of drug-likeness (QED) is 0.551. The molecule has 1 aliphatic rings. The molecule has 1 amide bonds. The molecule has 0 aromatic carbocycles. The minimum Gasteiger partial charge on any atom is -0.463 e. The average Bonchev–Trinajstić information content (AvgIpc) is 2.55. The number of esters is 1. The number of hydrogen-bond acceptors (Lipinski definition) is 5. The van der Waals surface area contributed by atoms with Crippen LogP contribution in [0.5, 0.6) is 0 Å². The van der Waals surface area contributed by atoms with Gasteiger partial charge in [-0.2, -0.15) is 0 Å². The van der Waals surface area contributed by atoms with Crippen LogP contribution in [0.3, 0.4) is 0 Å². The van der Waals surface area contributed by atoms with E-state index in [9.17, 15) is 9.59 Å². The van der Waals surface area contributed by atoms with Crippen molar-refractivity contribution in [1.82, 2.24) is 4.90 Å². The number of aliphatic hydroxyl groups excluding tert-OH is 2. The molecule has 6 heteroatoms. The van der Waals surface area contributed by atoms with Gasteiger partial charge in [-0.05, 0) is 0 Å². The highest BCUT2D eigenvalue weighted by molar-refractivity contribution is 5.86. The number of amides is 1. The number of rotatable bonds is 4. The summed E-state index contributed by atoms with van der Waals surface area (Å²) in [6.45, 7) is -0.326. The minimum atomic E-state index is -1.05. The number of aliphatic hydroxyl groups is 2. The van der Waals surface area contributed by atoms with Crippen molar-refractivity contribution in [3.8, 4) is 0 Å². The molecule has 1 heterocycles. The van der Waals surface area contributed by atoms with Crippen LogP contribution in [0.25, 0.3) is 0 Å². The van der Waals surface area contributed by atoms with Crippen LogP contribution in [0.4, 0.5) is 0 Å². The van der Waals surface area contributed by atoms with E-state index in [-0.39, 0.29) is 18.9 Å². The Morgan fingerprint density at radius 2 is 2.40 bits per heavy atom. The van der Waals surface area contributed by atoms with Crippen molar-refractivity contribution in [2.45, 2.75) is 12.5 Å². The van der Waals surface area contributed by atoms with Crippen LogP contribution in [0, 0.1) is 5.92 Å². The van der Waals surface area contributed by atoms with Gasteiger partial charge in [-0.1, -0.05) is 0 Å². The molecule has 0 aromatic heterocycles. The molecule has 0 radical (unpaired) electrons. The number of ether oxygens (including phenoxy) is 1. The molecule has 2 unspecified atom stereocenters. The van der Waals surface area contributed by atoms with E-state index in [1.165, 1.54) is 4.90 Å². The van der Waals surface area contributed by atoms with Crippen molar-refractivity contribution in [2.24, 2.45) is 5.92 Å². The third-order valence-corrected chi connectivity index (χ3v) is 2.30. The highest BCUT2D eigenvalue weighted by Gasteiger charge is 2.33. The van der Waals surface area contributed by atoms with E-state index >= 15 is 0 Å². The third kappa shape index (κ3) is 3.17. The molecule has 86 valence electrons. The lowest BCUT2D eigenvalue weighted by Gasteiger charge is -2.12. The number of carbonyl (C=O) groups excluding carboxylic acids is 2. The predicted octanol–water partition coefficient (Wildman–Crippen LogP) is -1.64. The van der Waals surface area contributed by atoms with Gasteiger partial charge in [-0.3, -0.25) is 9.59 Å². The summed E-state index contributed by atoms with van der Waals surface area (Å²) in [5, 5.41) is 17.4. The van der Waals surface area contributed by atoms with E-state index in [1.807, 2.05) is 0 Å². The first-order chi connectivity index (χ1) is 7.04. The van der Waals surface area contributed by atoms with Crippen molar-refractivity contribution in [1.29, 1.82) is 0 Å². The van der Waals surface area contributed by atoms with Gasteiger partial charge in [0, 0.05) is 20.0 Å². The van der Waals surface area contributed by atoms with Crippen molar-refractivity contribution in [3.63, 3.8) is 0 Å². The summed E-state index contributed by atoms with van der Waals surface area (Å²) in [7, 11) is 1.62. The van der Waals surface area contributed by atoms with Gasteiger partial charge in [0.2, 0.25) is 5.91 Å². The Morgan fingerprint density at radius 1 is 1.73 bits per heavy atom. The summed E-state index contributed by atoms with van der Waals surface area (Å²) >= 11 is 0. The van der Waals surface area contributed by atoms with Crippen LogP contribution < -0.4 is 0 Å². The normalized spacial score (nSPS) is 23.0. The molecule has 1 rings (SSSR count). The molecular weight excluding hydrogens is 202 g/mol. The fourth-order valence-corrected chi connectivity index (χ4v) is 1.37. The Balaban J connectivity index is 2.32. The zero-order valence-corrected chi connectivity index (χ0v) is 8.55. The number of hydrogen-bond donors (Lipinski definition) is 2. The van der Waals surface area contributed by atoms with Crippen LogP contribution in [0.15, 0.2) is 0 Å². The molecule has 0 spiro atoms. The van der Waals surface area contributed by atoms with Crippen LogP contribution in [-0.2, 0) is 14.3 Å². The lowest BCUT2D eigenvalue weighted by Crippen LogP contribution is -2.27. The fourth-order valence-electron chi connectivity index (χ4n) is 1.37. The lowest BCUT2D eigenvalue weighted by atomic mass is 10.1. The predicted molar refractivity (Wildman–Crippen MR) is 49.8 cm³/mol. The average molecular weight is 217 g/mol. The summed E-state index contributed by atoms with van der Waals surface area (Å²) < 4.78 is 4.75. The molecule has 0 saturated carbocycles. The van der Waals surface area contributed by atoms with Crippen LogP contribution in [0.2, 0.25) is 0 Å². The zero-order valence-electron chi connectivity index (χ0n) is 8.55. The van der Waals surface area contributed by atoms with E-state index in [0.717, 1.165) is 0 Å². The summed E-state index contributed by atoms with van der Waals surface area (Å²) in [5.74, 6) is -1.03. The van der Waals surface area contributed by atoms with Crippen LogP contribution in [-0.4, -0.2) is 59.9 Å². The molecule has 1 fully saturated rings. The van der Waals surface area contributed by atoms with Gasteiger partial charge in [0.05, 0.1) is 12.5 Å². The van der Waals surface area contributed by atoms with Gasteiger partial charge < -0.3 is 19.8 Å². The van der Waals surface area contributed by atoms with Crippen LogP contribution in [0.1, 0.15) is 6.42 Å². The Morgan fingerprint density at radius 3 is 2.87 bits per heavy atom. The number of likely N-dealkylation sites (tertiary alicyclic amines) is 1. The van der Waals surface area contributed by atoms with E-state index < -0.39 is 24.6 Å². The maximum Gasteiger partial charge on any atom is 0.311 e. The summed E-state index contributed by atoms with van der Waals surface area (Å²) in [6, 6.07) is 0. The molecule has 6 nitrogen and oxygen atoms in total. The molecule has 15 heavy (non-hydrogen) atoms. The Kier molecular flexibility index (Phi) is 4.05. The second-order valence-electron chi connectivity index (χ2n) is 3.64. The standard InChI is InChI=1S/C9H15NO5/c1-10-3-6(2-8(10)13)9(14)15-5-7(12)4-11/h6-7,11-12H,2-5H2,1H3. The van der Waals surface area contributed by atoms with Crippen LogP contribution >= 0.6 is 0 Å². The van der Waals surface area contributed by atoms with Gasteiger partial charge in [0.15, 0.2) is 0 Å². The monoisotopic (exact) mass is 217 g/mol. The zero-order chi connectivity index (χ0) is 11.4. The molecule has 0 aliphatic carbocycles. The lowest BCUT2D eigenvalue weighted by molar-refractivity contribution is -0.152. The second-order valence-corrected chi connectivity index (χ2v) is 3.64. The third-order valence-electron chi connectivity index (χ3n) is 2.30. The highest BCUT2D eigenvalue weighted by Crippen LogP contribution is 2.17. The Hall–Kier alpha value is -1.14. The highest BCUT2D eigenvalue weighted by atomic mass is 16.5. The molecule has 1 aliphatic heterocycles. The van der Waals surface area contributed by atoms with Crippen molar-refractivity contribution < 1.29 is 24.5 Å². The summed E-state index contributed by atoms with van der Waals surface area (Å²) in [5.41, 5.74) is 0. The van der Waals surface area contributed by atoms with Crippen molar-refractivity contribution in [3.05, 3.63) is 0 Å². The van der Waals surface area contributed by atoms with Gasteiger partial charge in [0.1, 0.15) is 12.7 Å². The minimum absolute atomic E-state index is 0.0837. The molecule has 2 atom stereocenters. The Labute approximate surface area is 87.4 Å². The van der Waals surface area contributed by atoms with E-state index in [4.69, 9.17) is 14.9 Å². The summed E-state index contributed by atoms with van der Waals surface area (Å²) in [6.07, 6.45) is -0.895. The first-order valence-electron chi connectivity index (χ1n) is 4.74.